The number of aromatic nitrogens is 3. The first-order valence-electron chi connectivity index (χ1n) is 10.7. The van der Waals surface area contributed by atoms with Crippen LogP contribution >= 0.6 is 0 Å². The first kappa shape index (κ1) is 24.1. The lowest BCUT2D eigenvalue weighted by Crippen LogP contribution is -2.55. The van der Waals surface area contributed by atoms with E-state index in [-0.39, 0.29) is 31.9 Å². The van der Waals surface area contributed by atoms with Gasteiger partial charge in [0.25, 0.3) is 11.8 Å². The number of H-pyrrole nitrogens is 1. The predicted octanol–water partition coefficient (Wildman–Crippen LogP) is 2.24. The second-order valence-electron chi connectivity index (χ2n) is 8.44. The highest BCUT2D eigenvalue weighted by Crippen LogP contribution is 2.41. The zero-order chi connectivity index (χ0) is 25.7. The Morgan fingerprint density at radius 2 is 2.11 bits per heavy atom. The number of ether oxygens (including phenoxy) is 3. The highest BCUT2D eigenvalue weighted by Gasteiger charge is 2.58. The average molecular weight is 528 g/mol. The summed E-state index contributed by atoms with van der Waals surface area (Å²) in [6, 6.07) is 8.85. The van der Waals surface area contributed by atoms with Crippen molar-refractivity contribution >= 4 is 9.63 Å². The normalized spacial score (nSPS) is 17.8. The Balaban J connectivity index is 1.37. The van der Waals surface area contributed by atoms with Gasteiger partial charge in [-0.15, -0.1) is 0 Å². The molecule has 1 unspecified atom stereocenters. The molecule has 0 fully saturated rings. The molecular formula is C22H21F3N3O7S+. The van der Waals surface area contributed by atoms with E-state index in [9.17, 15) is 26.7 Å². The summed E-state index contributed by atoms with van der Waals surface area (Å²) in [6.45, 7) is 0.492. The summed E-state index contributed by atoms with van der Waals surface area (Å²) in [4.78, 5) is 19.4. The maximum atomic E-state index is 13.1. The van der Waals surface area contributed by atoms with Crippen LogP contribution in [0.2, 0.25) is 0 Å². The van der Waals surface area contributed by atoms with Gasteiger partial charge in [0, 0.05) is 18.2 Å². The molecule has 4 heterocycles. The van der Waals surface area contributed by atoms with Crippen LogP contribution in [0.4, 0.5) is 13.2 Å². The van der Waals surface area contributed by atoms with Gasteiger partial charge < -0.3 is 18.4 Å². The number of hydrogen-bond donors (Lipinski definition) is 2. The van der Waals surface area contributed by atoms with Crippen molar-refractivity contribution in [2.24, 2.45) is 0 Å². The molecule has 0 radical (unpaired) electrons. The molecule has 1 aromatic carbocycles. The molecule has 2 aliphatic heterocycles. The molecular weight excluding hydrogens is 507 g/mol. The van der Waals surface area contributed by atoms with E-state index in [4.69, 9.17) is 14.2 Å². The number of nitrogens with one attached hydrogen (secondary N) is 1. The van der Waals surface area contributed by atoms with E-state index in [1.54, 1.807) is 24.4 Å². The van der Waals surface area contributed by atoms with Crippen LogP contribution < -0.4 is 28.7 Å². The summed E-state index contributed by atoms with van der Waals surface area (Å²) >= 11 is 0. The molecule has 14 heteroatoms. The van der Waals surface area contributed by atoms with Crippen molar-refractivity contribution in [3.63, 3.8) is 0 Å². The van der Waals surface area contributed by atoms with Gasteiger partial charge in [0.1, 0.15) is 24.7 Å². The van der Waals surface area contributed by atoms with E-state index in [1.165, 1.54) is 16.7 Å². The molecule has 0 amide bonds. The molecule has 1 atom stereocenters. The topological polar surface area (TPSA) is 124 Å². The van der Waals surface area contributed by atoms with Gasteiger partial charge in [-0.1, -0.05) is 0 Å². The van der Waals surface area contributed by atoms with E-state index < -0.39 is 32.7 Å². The molecule has 10 nitrogen and oxygen atoms in total. The van der Waals surface area contributed by atoms with Crippen LogP contribution in [0.15, 0.2) is 47.4 Å². The van der Waals surface area contributed by atoms with Crippen molar-refractivity contribution in [1.29, 1.82) is 0 Å². The predicted molar refractivity (Wildman–Crippen MR) is 119 cm³/mol. The number of nitrogens with zero attached hydrogens (tertiary/aromatic N) is 2. The zero-order valence-electron chi connectivity index (χ0n) is 18.8. The van der Waals surface area contributed by atoms with E-state index in [2.05, 4.69) is 14.2 Å². The summed E-state index contributed by atoms with van der Waals surface area (Å²) < 4.78 is 84.0. The summed E-state index contributed by atoms with van der Waals surface area (Å²) in [5, 5.41) is 0. The van der Waals surface area contributed by atoms with E-state index >= 15 is 0 Å². The van der Waals surface area contributed by atoms with Gasteiger partial charge in [0.2, 0.25) is 9.63 Å². The molecule has 36 heavy (non-hydrogen) atoms. The Hall–Kier alpha value is -3.65. The molecule has 5 rings (SSSR count). The Morgan fingerprint density at radius 3 is 2.89 bits per heavy atom. The van der Waals surface area contributed by atoms with Crippen LogP contribution in [0.25, 0.3) is 11.3 Å². The number of pyridine rings is 1. The highest BCUT2D eigenvalue weighted by molar-refractivity contribution is 8.11. The maximum absolute atomic E-state index is 13.1. The third-order valence-corrected chi connectivity index (χ3v) is 7.30. The number of rotatable bonds is 5. The Labute approximate surface area is 202 Å². The largest absolute Gasteiger partial charge is 0.503 e. The molecule has 0 bridgehead atoms. The standard InChI is InChI=1S/C22H20F3N3O7S/c1-36(30,31,22(23,24)25)35-14-4-5-16-13(9-14)6-8-28-17(16)10-19(27-21(28)29)32-11-15-12-33-20-18(34-15)3-2-7-26-20/h2-5,7,9-10,15H,6,8,11-12H2,1H3,(H,30,31)/p+1. The smallest absolute Gasteiger partial charge is 0.478 e. The number of halogens is 3. The van der Waals surface area contributed by atoms with Crippen molar-refractivity contribution in [1.82, 2.24) is 9.97 Å². The van der Waals surface area contributed by atoms with Crippen molar-refractivity contribution in [3.05, 3.63) is 58.6 Å². The molecule has 2 aliphatic rings. The summed E-state index contributed by atoms with van der Waals surface area (Å²) in [6.07, 6.45) is 1.54. The molecule has 2 N–H and O–H groups in total. The van der Waals surface area contributed by atoms with Gasteiger partial charge in [-0.05, 0) is 35.9 Å². The minimum Gasteiger partial charge on any atom is -0.478 e. The lowest BCUT2D eigenvalue weighted by molar-refractivity contribution is -0.704. The molecule has 2 aromatic heterocycles. The van der Waals surface area contributed by atoms with Gasteiger partial charge >= 0.3 is 11.2 Å². The monoisotopic (exact) mass is 528 g/mol. The van der Waals surface area contributed by atoms with Gasteiger partial charge in [-0.25, -0.2) is 9.19 Å². The molecule has 0 aliphatic carbocycles. The first-order valence-corrected chi connectivity index (χ1v) is 13.0. The number of alkyl halides is 3. The molecule has 192 valence electrons. The van der Waals surface area contributed by atoms with Crippen LogP contribution in [0, 0.1) is 0 Å². The van der Waals surface area contributed by atoms with Crippen LogP contribution in [0.3, 0.4) is 0 Å². The lowest BCUT2D eigenvalue weighted by atomic mass is 9.97. The fraction of sp³-hybridized carbons (Fsp3) is 0.318. The van der Waals surface area contributed by atoms with Crippen LogP contribution in [-0.4, -0.2) is 49.8 Å². The number of aryl methyl sites for hydroxylation is 1. The van der Waals surface area contributed by atoms with Crippen molar-refractivity contribution in [3.8, 4) is 34.5 Å². The van der Waals surface area contributed by atoms with Gasteiger partial charge in [-0.3, -0.25) is 4.55 Å². The third kappa shape index (κ3) is 4.37. The maximum Gasteiger partial charge on any atom is 0.503 e. The SMILES string of the molecule is CS(=O)(O)(Oc1ccc2c(c1)CC[n+]1c-2cc(OCC2COc3ncccc3O2)[nH]c1=O)C(F)(F)F. The summed E-state index contributed by atoms with van der Waals surface area (Å²) in [7, 11) is -6.39. The minimum absolute atomic E-state index is 0.0632. The Kier molecular flexibility index (Phi) is 5.48. The summed E-state index contributed by atoms with van der Waals surface area (Å²) in [5.74, 6) is 0.607. The Bertz CT molecular complexity index is 1470. The second-order valence-corrected chi connectivity index (χ2v) is 11.5. The number of hydrogen-bond acceptors (Lipinski definition) is 7. The Morgan fingerprint density at radius 1 is 1.31 bits per heavy atom. The zero-order valence-corrected chi connectivity index (χ0v) is 19.6. The number of benzene rings is 1. The lowest BCUT2D eigenvalue weighted by Gasteiger charge is -2.34. The molecule has 3 aromatic rings. The minimum atomic E-state index is -6.39. The first-order chi connectivity index (χ1) is 16.9. The molecule has 0 spiro atoms. The molecule has 0 saturated carbocycles. The second kappa shape index (κ2) is 8.20. The number of aromatic amines is 1. The third-order valence-electron chi connectivity index (χ3n) is 5.67. The fourth-order valence-electron chi connectivity index (χ4n) is 3.85. The van der Waals surface area contributed by atoms with Gasteiger partial charge in [-0.2, -0.15) is 27.5 Å². The average Bonchev–Trinajstić information content (AvgIpc) is 2.81. The molecule has 0 saturated heterocycles. The fourth-order valence-corrected chi connectivity index (χ4v) is 4.50. The van der Waals surface area contributed by atoms with E-state index in [1.807, 2.05) is 0 Å². The van der Waals surface area contributed by atoms with Gasteiger partial charge in [0.15, 0.2) is 11.9 Å². The van der Waals surface area contributed by atoms with E-state index in [0.29, 0.717) is 34.9 Å². The van der Waals surface area contributed by atoms with Crippen LogP contribution in [0.1, 0.15) is 5.56 Å². The van der Waals surface area contributed by atoms with Gasteiger partial charge in [0.05, 0.1) is 18.9 Å². The van der Waals surface area contributed by atoms with Crippen LogP contribution in [0.5, 0.6) is 23.3 Å². The van der Waals surface area contributed by atoms with Crippen molar-refractivity contribution in [2.45, 2.75) is 24.6 Å². The highest BCUT2D eigenvalue weighted by atomic mass is 32.3. The van der Waals surface area contributed by atoms with Crippen molar-refractivity contribution in [2.75, 3.05) is 19.5 Å². The quantitative estimate of drug-likeness (QED) is 0.484. The van der Waals surface area contributed by atoms with Crippen molar-refractivity contribution < 1.29 is 44.9 Å². The van der Waals surface area contributed by atoms with E-state index in [0.717, 1.165) is 6.07 Å². The summed E-state index contributed by atoms with van der Waals surface area (Å²) in [5.41, 5.74) is -4.35. The van der Waals surface area contributed by atoms with Crippen LogP contribution in [-0.2, 0) is 22.6 Å². The number of fused-ring (bicyclic) bond motifs is 4.